The minimum atomic E-state index is -3.27. The van der Waals surface area contributed by atoms with Crippen LogP contribution < -0.4 is 0 Å². The van der Waals surface area contributed by atoms with E-state index in [2.05, 4.69) is 23.9 Å². The summed E-state index contributed by atoms with van der Waals surface area (Å²) in [6.45, 7) is 5.32. The zero-order valence-electron chi connectivity index (χ0n) is 14.8. The van der Waals surface area contributed by atoms with Crippen molar-refractivity contribution in [3.63, 3.8) is 0 Å². The van der Waals surface area contributed by atoms with E-state index in [-0.39, 0.29) is 10.9 Å². The van der Waals surface area contributed by atoms with E-state index >= 15 is 0 Å². The predicted molar refractivity (Wildman–Crippen MR) is 93.2 cm³/mol. The van der Waals surface area contributed by atoms with Crippen molar-refractivity contribution in [2.45, 2.75) is 83.1 Å². The molecule has 1 aliphatic rings. The van der Waals surface area contributed by atoms with Crippen LogP contribution in [0.1, 0.15) is 64.5 Å². The molecule has 0 bridgehead atoms. The molecule has 0 saturated heterocycles. The molecule has 1 fully saturated rings. The van der Waals surface area contributed by atoms with Gasteiger partial charge in [0.15, 0.2) is 0 Å². The van der Waals surface area contributed by atoms with Gasteiger partial charge in [-0.15, -0.1) is 0 Å². The molecule has 1 heterocycles. The molecule has 132 valence electrons. The minimum absolute atomic E-state index is 0.105. The highest BCUT2D eigenvalue weighted by Crippen LogP contribution is 2.24. The first-order chi connectivity index (χ1) is 11.0. The molecular weight excluding hydrogens is 310 g/mol. The third-order valence-corrected chi connectivity index (χ3v) is 6.55. The van der Waals surface area contributed by atoms with Gasteiger partial charge < -0.3 is 4.57 Å². The van der Waals surface area contributed by atoms with Gasteiger partial charge in [-0.05, 0) is 26.3 Å². The molecular formula is C17H31N3O2S. The molecule has 0 amide bonds. The van der Waals surface area contributed by atoms with Crippen molar-refractivity contribution in [3.05, 3.63) is 11.9 Å². The van der Waals surface area contributed by atoms with Gasteiger partial charge in [0.25, 0.3) is 0 Å². The molecule has 2 rings (SSSR count). The fourth-order valence-electron chi connectivity index (χ4n) is 3.36. The van der Waals surface area contributed by atoms with Crippen LogP contribution >= 0.6 is 0 Å². The summed E-state index contributed by atoms with van der Waals surface area (Å²) in [6.07, 6.45) is 10.2. The molecule has 5 nitrogen and oxygen atoms in total. The van der Waals surface area contributed by atoms with Gasteiger partial charge in [0.1, 0.15) is 0 Å². The van der Waals surface area contributed by atoms with E-state index in [0.29, 0.717) is 6.04 Å². The lowest BCUT2D eigenvalue weighted by Gasteiger charge is -2.31. The Kier molecular flexibility index (Phi) is 6.65. The topological polar surface area (TPSA) is 55.2 Å². The maximum absolute atomic E-state index is 12.3. The molecule has 1 aromatic rings. The lowest BCUT2D eigenvalue weighted by Crippen LogP contribution is -2.33. The van der Waals surface area contributed by atoms with E-state index in [9.17, 15) is 8.42 Å². The Morgan fingerprint density at radius 2 is 1.96 bits per heavy atom. The van der Waals surface area contributed by atoms with Gasteiger partial charge in [-0.2, -0.15) is 0 Å². The number of nitrogens with zero attached hydrogens (tertiary/aromatic N) is 3. The summed E-state index contributed by atoms with van der Waals surface area (Å²) in [5.41, 5.74) is 1.03. The molecule has 0 aromatic carbocycles. The van der Waals surface area contributed by atoms with Gasteiger partial charge in [-0.3, -0.25) is 4.90 Å². The fraction of sp³-hybridized carbons (Fsp3) is 0.824. The van der Waals surface area contributed by atoms with E-state index in [0.717, 1.165) is 31.6 Å². The van der Waals surface area contributed by atoms with Gasteiger partial charge in [0.2, 0.25) is 15.0 Å². The Labute approximate surface area is 141 Å². The van der Waals surface area contributed by atoms with E-state index in [4.69, 9.17) is 0 Å². The average molecular weight is 342 g/mol. The van der Waals surface area contributed by atoms with Gasteiger partial charge >= 0.3 is 0 Å². The van der Waals surface area contributed by atoms with Gasteiger partial charge in [-0.1, -0.05) is 39.5 Å². The smallest absolute Gasteiger partial charge is 0.227 e. The van der Waals surface area contributed by atoms with E-state index in [1.807, 2.05) is 4.57 Å². The van der Waals surface area contributed by atoms with Crippen LogP contribution in [0.15, 0.2) is 11.4 Å². The summed E-state index contributed by atoms with van der Waals surface area (Å²) in [7, 11) is -1.11. The van der Waals surface area contributed by atoms with Crippen molar-refractivity contribution >= 4 is 9.84 Å². The molecule has 1 aliphatic carbocycles. The first kappa shape index (κ1) is 18.5. The monoisotopic (exact) mass is 341 g/mol. The Balaban J connectivity index is 2.20. The molecule has 0 radical (unpaired) electrons. The highest BCUT2D eigenvalue weighted by molar-refractivity contribution is 7.91. The molecule has 0 aliphatic heterocycles. The summed E-state index contributed by atoms with van der Waals surface area (Å²) in [6, 6.07) is 0.615. The summed E-state index contributed by atoms with van der Waals surface area (Å²) in [5.74, 6) is 0.105. The lowest BCUT2D eigenvalue weighted by molar-refractivity contribution is 0.180. The van der Waals surface area contributed by atoms with Crippen molar-refractivity contribution in [1.29, 1.82) is 0 Å². The number of aromatic nitrogens is 2. The van der Waals surface area contributed by atoms with Gasteiger partial charge in [0, 0.05) is 19.1 Å². The second-order valence-corrected chi connectivity index (χ2v) is 8.82. The Morgan fingerprint density at radius 3 is 2.57 bits per heavy atom. The fourth-order valence-corrected chi connectivity index (χ4v) is 4.37. The summed E-state index contributed by atoms with van der Waals surface area (Å²) < 4.78 is 26.5. The third kappa shape index (κ3) is 4.57. The molecule has 1 saturated carbocycles. The highest BCUT2D eigenvalue weighted by atomic mass is 32.2. The van der Waals surface area contributed by atoms with Crippen LogP contribution in [0.2, 0.25) is 0 Å². The molecule has 0 N–H and O–H groups in total. The zero-order chi connectivity index (χ0) is 16.9. The number of rotatable bonds is 8. The van der Waals surface area contributed by atoms with Crippen molar-refractivity contribution in [3.8, 4) is 0 Å². The van der Waals surface area contributed by atoms with Crippen LogP contribution in [0.25, 0.3) is 0 Å². The standard InChI is InChI=1S/C17H31N3O2S/c1-4-6-12-20-16(13-18-17(20)23(21,22)5-2)14-19(3)15-10-8-7-9-11-15/h13,15H,4-12,14H2,1-3H3. The quantitative estimate of drug-likeness (QED) is 0.728. The number of sulfone groups is 1. The average Bonchev–Trinajstić information content (AvgIpc) is 2.97. The van der Waals surface area contributed by atoms with E-state index in [1.165, 1.54) is 32.1 Å². The maximum Gasteiger partial charge on any atom is 0.227 e. The minimum Gasteiger partial charge on any atom is -0.318 e. The number of hydrogen-bond acceptors (Lipinski definition) is 4. The highest BCUT2D eigenvalue weighted by Gasteiger charge is 2.24. The molecule has 6 heteroatoms. The van der Waals surface area contributed by atoms with Crippen molar-refractivity contribution < 1.29 is 8.42 Å². The Morgan fingerprint density at radius 1 is 1.26 bits per heavy atom. The summed E-state index contributed by atoms with van der Waals surface area (Å²) in [5, 5.41) is 0.250. The molecule has 0 atom stereocenters. The van der Waals surface area contributed by atoms with Crippen molar-refractivity contribution in [2.24, 2.45) is 0 Å². The second-order valence-electron chi connectivity index (χ2n) is 6.65. The van der Waals surface area contributed by atoms with Crippen LogP contribution in [0.4, 0.5) is 0 Å². The molecule has 0 unspecified atom stereocenters. The largest absolute Gasteiger partial charge is 0.318 e. The molecule has 0 spiro atoms. The third-order valence-electron chi connectivity index (χ3n) is 4.90. The van der Waals surface area contributed by atoms with Crippen LogP contribution in [0.5, 0.6) is 0 Å². The van der Waals surface area contributed by atoms with Crippen LogP contribution in [0, 0.1) is 0 Å². The summed E-state index contributed by atoms with van der Waals surface area (Å²) >= 11 is 0. The van der Waals surface area contributed by atoms with Crippen LogP contribution in [-0.2, 0) is 22.9 Å². The first-order valence-corrected chi connectivity index (χ1v) is 10.6. The number of hydrogen-bond donors (Lipinski definition) is 0. The molecule has 23 heavy (non-hydrogen) atoms. The number of unbranched alkanes of at least 4 members (excludes halogenated alkanes) is 1. The summed E-state index contributed by atoms with van der Waals surface area (Å²) in [4.78, 5) is 6.63. The Bertz CT molecular complexity index is 589. The maximum atomic E-state index is 12.3. The van der Waals surface area contributed by atoms with Crippen LogP contribution in [-0.4, -0.2) is 41.7 Å². The lowest BCUT2D eigenvalue weighted by atomic mass is 9.94. The van der Waals surface area contributed by atoms with Gasteiger partial charge in [-0.25, -0.2) is 13.4 Å². The van der Waals surface area contributed by atoms with E-state index < -0.39 is 9.84 Å². The SMILES string of the molecule is CCCCn1c(CN(C)C2CCCCC2)cnc1S(=O)(=O)CC. The zero-order valence-corrected chi connectivity index (χ0v) is 15.6. The first-order valence-electron chi connectivity index (χ1n) is 8.97. The number of imidazole rings is 1. The van der Waals surface area contributed by atoms with Crippen molar-refractivity contribution in [1.82, 2.24) is 14.5 Å². The normalized spacial score (nSPS) is 17.0. The van der Waals surface area contributed by atoms with Crippen molar-refractivity contribution in [2.75, 3.05) is 12.8 Å². The molecule has 1 aromatic heterocycles. The van der Waals surface area contributed by atoms with E-state index in [1.54, 1.807) is 13.1 Å². The van der Waals surface area contributed by atoms with Crippen LogP contribution in [0.3, 0.4) is 0 Å². The predicted octanol–water partition coefficient (Wildman–Crippen LogP) is 3.24. The second kappa shape index (κ2) is 8.29. The van der Waals surface area contributed by atoms with Gasteiger partial charge in [0.05, 0.1) is 17.6 Å². The Hall–Kier alpha value is -0.880.